The molecule has 0 bridgehead atoms. The molecule has 1 fully saturated rings. The van der Waals surface area contributed by atoms with Crippen LogP contribution in [-0.4, -0.2) is 83.9 Å². The zero-order valence-electron chi connectivity index (χ0n) is 17.2. The summed E-state index contributed by atoms with van der Waals surface area (Å²) in [5, 5.41) is 16.1. The second-order valence-corrected chi connectivity index (χ2v) is 7.14. The monoisotopic (exact) mass is 428 g/mol. The minimum Gasteiger partial charge on any atom is -0.480 e. The molecule has 30 heavy (non-hydrogen) atoms. The van der Waals surface area contributed by atoms with Gasteiger partial charge in [-0.1, -0.05) is 0 Å². The minimum absolute atomic E-state index is 0.268. The number of rotatable bonds is 12. The molecule has 3 unspecified atom stereocenters. The predicted molar refractivity (Wildman–Crippen MR) is 107 cm³/mol. The largest absolute Gasteiger partial charge is 0.480 e. The normalized spacial score (nSPS) is 17.7. The van der Waals surface area contributed by atoms with Crippen LogP contribution in [0.25, 0.3) is 0 Å². The Kier molecular flexibility index (Phi) is 10.8. The maximum atomic E-state index is 12.8. The molecule has 0 aromatic rings. The number of carboxylic acid groups (broad SMARTS) is 1. The van der Waals surface area contributed by atoms with E-state index in [-0.39, 0.29) is 6.54 Å². The summed E-state index contributed by atoms with van der Waals surface area (Å²) in [6.07, 6.45) is 2.63. The van der Waals surface area contributed by atoms with Crippen molar-refractivity contribution in [1.29, 1.82) is 0 Å². The molecule has 0 aliphatic carbocycles. The third-order valence-corrected chi connectivity index (χ3v) is 4.77. The fraction of sp³-hybridized carbons (Fsp3) is 0.722. The standard InChI is InChI=1S/C18H32N6O6/c1-11(22-16(28)12(5-2-3-7-19)23-14(25)9-20)18(30)24-8-4-6-13(24)17(29)21-10-15(26)27/h11-13H,2-10,19-20H2,1H3,(H,21,29)(H,22,28)(H,23,25)(H,26,27). The lowest BCUT2D eigenvalue weighted by Crippen LogP contribution is -2.56. The number of aliphatic carboxylic acids is 1. The van der Waals surface area contributed by atoms with Gasteiger partial charge in [-0.05, 0) is 45.6 Å². The first-order valence-corrected chi connectivity index (χ1v) is 10.0. The molecule has 8 N–H and O–H groups in total. The maximum absolute atomic E-state index is 12.8. The van der Waals surface area contributed by atoms with Crippen LogP contribution in [0.15, 0.2) is 0 Å². The fourth-order valence-corrected chi connectivity index (χ4v) is 3.22. The van der Waals surface area contributed by atoms with Crippen molar-refractivity contribution in [3.63, 3.8) is 0 Å². The molecule has 12 nitrogen and oxygen atoms in total. The van der Waals surface area contributed by atoms with Crippen molar-refractivity contribution in [3.8, 4) is 0 Å². The highest BCUT2D eigenvalue weighted by Crippen LogP contribution is 2.18. The number of hydrogen-bond donors (Lipinski definition) is 6. The van der Waals surface area contributed by atoms with Crippen LogP contribution in [0, 0.1) is 0 Å². The molecule has 1 rings (SSSR count). The van der Waals surface area contributed by atoms with E-state index in [0.29, 0.717) is 45.2 Å². The van der Waals surface area contributed by atoms with Crippen LogP contribution in [-0.2, 0) is 24.0 Å². The molecule has 1 aliphatic heterocycles. The van der Waals surface area contributed by atoms with Gasteiger partial charge >= 0.3 is 5.97 Å². The number of carbonyl (C=O) groups excluding carboxylic acids is 4. The molecule has 1 aliphatic rings. The highest BCUT2D eigenvalue weighted by Gasteiger charge is 2.36. The summed E-state index contributed by atoms with van der Waals surface area (Å²) >= 11 is 0. The van der Waals surface area contributed by atoms with Crippen LogP contribution in [0.2, 0.25) is 0 Å². The van der Waals surface area contributed by atoms with E-state index < -0.39 is 54.3 Å². The molecule has 0 aromatic carbocycles. The Hall–Kier alpha value is -2.73. The van der Waals surface area contributed by atoms with E-state index in [2.05, 4.69) is 16.0 Å². The van der Waals surface area contributed by atoms with E-state index in [9.17, 15) is 24.0 Å². The number of unbranched alkanes of at least 4 members (excludes halogenated alkanes) is 1. The Balaban J connectivity index is 2.72. The molecular weight excluding hydrogens is 396 g/mol. The van der Waals surface area contributed by atoms with Gasteiger partial charge in [0.05, 0.1) is 6.54 Å². The van der Waals surface area contributed by atoms with Crippen molar-refractivity contribution in [3.05, 3.63) is 0 Å². The number of hydrogen-bond acceptors (Lipinski definition) is 7. The molecule has 0 aromatic heterocycles. The summed E-state index contributed by atoms with van der Waals surface area (Å²) in [7, 11) is 0. The lowest BCUT2D eigenvalue weighted by Gasteiger charge is -2.28. The van der Waals surface area contributed by atoms with Gasteiger partial charge in [0, 0.05) is 6.54 Å². The van der Waals surface area contributed by atoms with Crippen molar-refractivity contribution in [2.24, 2.45) is 11.5 Å². The van der Waals surface area contributed by atoms with E-state index in [1.807, 2.05) is 0 Å². The zero-order valence-corrected chi connectivity index (χ0v) is 17.2. The van der Waals surface area contributed by atoms with Crippen LogP contribution in [0.4, 0.5) is 0 Å². The number of nitrogens with two attached hydrogens (primary N) is 2. The highest BCUT2D eigenvalue weighted by molar-refractivity contribution is 5.95. The average molecular weight is 428 g/mol. The van der Waals surface area contributed by atoms with E-state index in [1.54, 1.807) is 0 Å². The van der Waals surface area contributed by atoms with Gasteiger partial charge in [-0.15, -0.1) is 0 Å². The Morgan fingerprint density at radius 1 is 1.13 bits per heavy atom. The SMILES string of the molecule is CC(NC(=O)C(CCCCN)NC(=O)CN)C(=O)N1CCCC1C(=O)NCC(=O)O. The number of amides is 4. The van der Waals surface area contributed by atoms with Crippen LogP contribution in [0.1, 0.15) is 39.0 Å². The third-order valence-electron chi connectivity index (χ3n) is 4.77. The number of carboxylic acids is 1. The van der Waals surface area contributed by atoms with Gasteiger partial charge in [0.2, 0.25) is 23.6 Å². The molecule has 0 saturated carbocycles. The molecule has 4 amide bonds. The Morgan fingerprint density at radius 2 is 1.83 bits per heavy atom. The smallest absolute Gasteiger partial charge is 0.322 e. The Labute approximate surface area is 175 Å². The second-order valence-electron chi connectivity index (χ2n) is 7.14. The van der Waals surface area contributed by atoms with Crippen LogP contribution < -0.4 is 27.4 Å². The van der Waals surface area contributed by atoms with Crippen molar-refractivity contribution < 1.29 is 29.1 Å². The summed E-state index contributed by atoms with van der Waals surface area (Å²) in [6, 6.07) is -2.57. The molecule has 0 radical (unpaired) electrons. The van der Waals surface area contributed by atoms with Gasteiger partial charge in [0.15, 0.2) is 0 Å². The van der Waals surface area contributed by atoms with E-state index >= 15 is 0 Å². The topological polar surface area (TPSA) is 197 Å². The van der Waals surface area contributed by atoms with E-state index in [0.717, 1.165) is 0 Å². The van der Waals surface area contributed by atoms with E-state index in [1.165, 1.54) is 11.8 Å². The molecule has 0 spiro atoms. The van der Waals surface area contributed by atoms with Crippen molar-refractivity contribution in [1.82, 2.24) is 20.9 Å². The first kappa shape index (κ1) is 25.3. The second kappa shape index (κ2) is 12.8. The average Bonchev–Trinajstić information content (AvgIpc) is 3.20. The Morgan fingerprint density at radius 3 is 2.43 bits per heavy atom. The van der Waals surface area contributed by atoms with Gasteiger partial charge in [-0.2, -0.15) is 0 Å². The maximum Gasteiger partial charge on any atom is 0.322 e. The quantitative estimate of drug-likeness (QED) is 0.180. The number of carbonyl (C=O) groups is 5. The van der Waals surface area contributed by atoms with Crippen LogP contribution in [0.3, 0.4) is 0 Å². The van der Waals surface area contributed by atoms with Crippen molar-refractivity contribution in [2.75, 3.05) is 26.2 Å². The number of nitrogens with zero attached hydrogens (tertiary/aromatic N) is 1. The molecular formula is C18H32N6O6. The summed E-state index contributed by atoms with van der Waals surface area (Å²) in [5.74, 6) is -3.20. The molecule has 170 valence electrons. The zero-order chi connectivity index (χ0) is 22.7. The lowest BCUT2D eigenvalue weighted by atomic mass is 10.1. The fourth-order valence-electron chi connectivity index (χ4n) is 3.22. The summed E-state index contributed by atoms with van der Waals surface area (Å²) < 4.78 is 0. The lowest BCUT2D eigenvalue weighted by molar-refractivity contribution is -0.142. The molecule has 1 heterocycles. The summed E-state index contributed by atoms with van der Waals surface area (Å²) in [6.45, 7) is 1.47. The first-order valence-electron chi connectivity index (χ1n) is 10.0. The Bertz CT molecular complexity index is 643. The van der Waals surface area contributed by atoms with Gasteiger partial charge < -0.3 is 37.4 Å². The number of nitrogens with one attached hydrogen (secondary N) is 3. The molecule has 12 heteroatoms. The third kappa shape index (κ3) is 7.95. The van der Waals surface area contributed by atoms with Crippen LogP contribution in [0.5, 0.6) is 0 Å². The summed E-state index contributed by atoms with van der Waals surface area (Å²) in [5.41, 5.74) is 10.8. The minimum atomic E-state index is -1.18. The van der Waals surface area contributed by atoms with Gasteiger partial charge in [0.25, 0.3) is 0 Å². The summed E-state index contributed by atoms with van der Waals surface area (Å²) in [4.78, 5) is 61.2. The first-order chi connectivity index (χ1) is 14.2. The molecule has 3 atom stereocenters. The van der Waals surface area contributed by atoms with Gasteiger partial charge in [-0.3, -0.25) is 24.0 Å². The van der Waals surface area contributed by atoms with E-state index in [4.69, 9.17) is 16.6 Å². The predicted octanol–water partition coefficient (Wildman–Crippen LogP) is -2.74. The molecule has 1 saturated heterocycles. The van der Waals surface area contributed by atoms with Gasteiger partial charge in [-0.25, -0.2) is 0 Å². The highest BCUT2D eigenvalue weighted by atomic mass is 16.4. The number of likely N-dealkylation sites (tertiary alicyclic amines) is 1. The van der Waals surface area contributed by atoms with Crippen molar-refractivity contribution >= 4 is 29.6 Å². The van der Waals surface area contributed by atoms with Gasteiger partial charge in [0.1, 0.15) is 24.7 Å². The van der Waals surface area contributed by atoms with Crippen molar-refractivity contribution in [2.45, 2.75) is 57.2 Å². The van der Waals surface area contributed by atoms with Crippen LogP contribution >= 0.6 is 0 Å².